The van der Waals surface area contributed by atoms with E-state index in [2.05, 4.69) is 27.6 Å². The number of hydrogen-bond donors (Lipinski definition) is 0. The van der Waals surface area contributed by atoms with Crippen LogP contribution in [0.15, 0.2) is 0 Å². The fraction of sp³-hybridized carbons (Fsp3) is 0. The van der Waals surface area contributed by atoms with E-state index in [0.717, 1.165) is 0 Å². The van der Waals surface area contributed by atoms with Crippen molar-refractivity contribution in [3.05, 3.63) is 0 Å². The zero-order valence-electron chi connectivity index (χ0n) is 2.37. The summed E-state index contributed by atoms with van der Waals surface area (Å²) in [6, 6.07) is 0. The van der Waals surface area contributed by atoms with Gasteiger partial charge in [0.1, 0.15) is 0 Å². The molecule has 2 N–H and O–H groups in total. The molecule has 0 rings (SSSR count). The highest BCUT2D eigenvalue weighted by Crippen LogP contribution is 1.78. The first kappa shape index (κ1) is 16.3. The van der Waals surface area contributed by atoms with Crippen LogP contribution in [0.2, 0.25) is 0 Å². The average molecular weight is 129 g/mol. The molecule has 30 valence electrons. The maximum Gasteiger partial charge on any atom is 0.0832 e. The number of hydrogen-bond acceptors (Lipinski definition) is 1. The van der Waals surface area contributed by atoms with Gasteiger partial charge in [-0.2, -0.15) is 3.84 Å². The highest BCUT2D eigenvalue weighted by Gasteiger charge is 1.38. The summed E-state index contributed by atoms with van der Waals surface area (Å²) in [5, 5.41) is 0. The van der Waals surface area contributed by atoms with Crippen molar-refractivity contribution < 1.29 is 9.32 Å². The molecule has 0 aromatic rings. The van der Waals surface area contributed by atoms with Gasteiger partial charge in [-0.05, 0) is 0 Å². The molecule has 2 radical (unpaired) electrons. The van der Waals surface area contributed by atoms with E-state index < -0.39 is 0 Å². The van der Waals surface area contributed by atoms with Crippen molar-refractivity contribution in [2.45, 2.75) is 0 Å². The van der Waals surface area contributed by atoms with Crippen LogP contribution >= 0.6 is 23.7 Å². The van der Waals surface area contributed by atoms with Crippen LogP contribution < -0.4 is 0 Å². The van der Waals surface area contributed by atoms with Crippen LogP contribution in [-0.2, 0) is 3.84 Å². The third kappa shape index (κ3) is 35.0. The largest absolute Gasteiger partial charge is 0.412 e. The maximum atomic E-state index is 4.26. The molecule has 0 aromatic heterocycles. The molecule has 0 aliphatic heterocycles. The van der Waals surface area contributed by atoms with E-state index in [1.807, 2.05) is 0 Å². The van der Waals surface area contributed by atoms with Crippen LogP contribution in [-0.4, -0.2) is 28.5 Å². The van der Waals surface area contributed by atoms with Gasteiger partial charge < -0.3 is 5.48 Å². The van der Waals surface area contributed by atoms with Crippen LogP contribution in [0.25, 0.3) is 0 Å². The van der Waals surface area contributed by atoms with E-state index in [4.69, 9.17) is 0 Å². The Morgan fingerprint density at radius 2 is 1.20 bits per heavy atom. The first-order chi connectivity index (χ1) is 1.41. The molecule has 0 fully saturated rings. The molecule has 0 atom stereocenters. The molecule has 0 aliphatic rings. The molecule has 0 spiro atoms. The van der Waals surface area contributed by atoms with Gasteiger partial charge in [0, 0.05) is 23.1 Å². The van der Waals surface area contributed by atoms with Gasteiger partial charge in [0.2, 0.25) is 0 Å². The number of halogens is 2. The van der Waals surface area contributed by atoms with Crippen molar-refractivity contribution in [2.75, 3.05) is 0 Å². The molecule has 0 saturated heterocycles. The van der Waals surface area contributed by atoms with Crippen LogP contribution in [0.1, 0.15) is 0 Å². The fourth-order valence-corrected chi connectivity index (χ4v) is 0. The summed E-state index contributed by atoms with van der Waals surface area (Å²) in [6.07, 6.45) is 0. The Hall–Kier alpha value is 1.27. The lowest BCUT2D eigenvalue weighted by Gasteiger charge is -1.46. The van der Waals surface area contributed by atoms with E-state index in [9.17, 15) is 0 Å². The van der Waals surface area contributed by atoms with Gasteiger partial charge in [0.15, 0.2) is 0 Å². The van der Waals surface area contributed by atoms with Crippen molar-refractivity contribution in [3.63, 3.8) is 0 Å². The lowest BCUT2D eigenvalue weighted by Crippen LogP contribution is -1.15. The van der Waals surface area contributed by atoms with E-state index in [-0.39, 0.29) is 28.5 Å². The number of rotatable bonds is 0. The van der Waals surface area contributed by atoms with E-state index in [1.54, 1.807) is 0 Å². The molecule has 2 nitrogen and oxygen atoms in total. The van der Waals surface area contributed by atoms with Gasteiger partial charge in [-0.1, -0.05) is 0 Å². The maximum absolute atomic E-state index is 4.26. The fourth-order valence-electron chi connectivity index (χ4n) is 0. The quantitative estimate of drug-likeness (QED) is 0.428. The third-order valence-corrected chi connectivity index (χ3v) is 0. The summed E-state index contributed by atoms with van der Waals surface area (Å²) in [4.78, 5) is 0. The second-order valence-electron chi connectivity index (χ2n) is 0.0583. The van der Waals surface area contributed by atoms with Gasteiger partial charge >= 0.3 is 0 Å². The van der Waals surface area contributed by atoms with Crippen molar-refractivity contribution in [3.8, 4) is 0 Å². The van der Waals surface area contributed by atoms with Crippen molar-refractivity contribution in [1.29, 1.82) is 0 Å². The summed E-state index contributed by atoms with van der Waals surface area (Å²) in [5.74, 6) is 0. The third-order valence-electron chi connectivity index (χ3n) is 0. The van der Waals surface area contributed by atoms with E-state index >= 15 is 0 Å². The topological polar surface area (TPSA) is 40.7 Å². The van der Waals surface area contributed by atoms with Gasteiger partial charge in [0.25, 0.3) is 0 Å². The Kier molecular flexibility index (Phi) is 60.8. The second kappa shape index (κ2) is 18.7. The second-order valence-corrected chi connectivity index (χ2v) is 0.525. The zero-order chi connectivity index (χ0) is 2.71. The Bertz CT molecular complexity index is 7.61. The minimum absolute atomic E-state index is 0. The highest BCUT2D eigenvalue weighted by molar-refractivity contribution is 6.24. The molecule has 0 aromatic carbocycles. The molecule has 0 heterocycles. The zero-order valence-corrected chi connectivity index (χ0v) is 5.30. The smallest absolute Gasteiger partial charge is 0.0832 e. The first-order valence-electron chi connectivity index (χ1n) is 0.309. The summed E-state index contributed by atoms with van der Waals surface area (Å²) in [6.45, 7) is 0. The summed E-state index contributed by atoms with van der Waals surface area (Å²) >= 11 is 8.53. The minimum Gasteiger partial charge on any atom is -0.412 e. The van der Waals surface area contributed by atoms with Crippen LogP contribution in [0.5, 0.6) is 0 Å². The molecule has 0 aliphatic carbocycles. The lowest BCUT2D eigenvalue weighted by atomic mass is 15.9. The van der Waals surface area contributed by atoms with E-state index in [1.165, 1.54) is 0 Å². The van der Waals surface area contributed by atoms with Gasteiger partial charge in [0.05, 0.1) is 23.7 Å². The molecule has 0 saturated carbocycles. The Labute approximate surface area is 56.2 Å². The monoisotopic (exact) mass is 128 g/mol. The SMILES string of the molecule is ClOCl.O.[Mg]. The van der Waals surface area contributed by atoms with Crippen LogP contribution in [0, 0.1) is 0 Å². The van der Waals surface area contributed by atoms with Gasteiger partial charge in [-0.3, -0.25) is 0 Å². The standard InChI is InChI=1S/Cl2O.Mg.H2O/c1-3-2;;/h;;1H2. The predicted octanol–water partition coefficient (Wildman–Crippen LogP) is 0.105. The van der Waals surface area contributed by atoms with Crippen LogP contribution in [0.3, 0.4) is 0 Å². The molecule has 0 bridgehead atoms. The normalized spacial score (nSPS) is 3.60. The Morgan fingerprint density at radius 1 is 1.20 bits per heavy atom. The van der Waals surface area contributed by atoms with Crippen LogP contribution in [0.4, 0.5) is 0 Å². The lowest BCUT2D eigenvalue weighted by molar-refractivity contribution is 0.697. The van der Waals surface area contributed by atoms with Crippen molar-refractivity contribution >= 4 is 46.8 Å². The molecule has 0 unspecified atom stereocenters. The Morgan fingerprint density at radius 3 is 1.20 bits per heavy atom. The highest BCUT2D eigenvalue weighted by atomic mass is 35.6. The van der Waals surface area contributed by atoms with Gasteiger partial charge in [-0.25, -0.2) is 0 Å². The van der Waals surface area contributed by atoms with Crippen molar-refractivity contribution in [2.24, 2.45) is 0 Å². The Balaban J connectivity index is -0.0000000200. The molecular weight excluding hydrogens is 127 g/mol. The van der Waals surface area contributed by atoms with Crippen molar-refractivity contribution in [1.82, 2.24) is 0 Å². The average Bonchev–Trinajstić information content (AvgIpc) is 0.918. The summed E-state index contributed by atoms with van der Waals surface area (Å²) < 4.78 is 3.19. The molecular formula is H2Cl2MgO2. The predicted molar refractivity (Wildman–Crippen MR) is 22.2 cm³/mol. The van der Waals surface area contributed by atoms with Gasteiger partial charge in [-0.15, -0.1) is 0 Å². The summed E-state index contributed by atoms with van der Waals surface area (Å²) in [5.41, 5.74) is 0. The van der Waals surface area contributed by atoms with E-state index in [0.29, 0.717) is 0 Å². The summed E-state index contributed by atoms with van der Waals surface area (Å²) in [7, 11) is 0. The minimum atomic E-state index is 0. The molecule has 5 heteroatoms. The first-order valence-corrected chi connectivity index (χ1v) is 0.926. The molecule has 0 amide bonds. The molecule has 5 heavy (non-hydrogen) atoms.